The van der Waals surface area contributed by atoms with Crippen LogP contribution < -0.4 is 10.6 Å². The van der Waals surface area contributed by atoms with Gasteiger partial charge in [-0.2, -0.15) is 26.3 Å². The largest absolute Gasteiger partial charge is 0.416 e. The van der Waals surface area contributed by atoms with Crippen LogP contribution in [0.3, 0.4) is 0 Å². The number of carbonyl (C=O) groups excluding carboxylic acids is 2. The maximum absolute atomic E-state index is 13.0. The highest BCUT2D eigenvalue weighted by atomic mass is 19.4. The van der Waals surface area contributed by atoms with Crippen molar-refractivity contribution in [2.24, 2.45) is 5.92 Å². The van der Waals surface area contributed by atoms with Crippen LogP contribution in [0.4, 0.5) is 26.3 Å². The Balaban J connectivity index is 1.49. The number of benzene rings is 1. The topological polar surface area (TPSA) is 61.4 Å². The van der Waals surface area contributed by atoms with Gasteiger partial charge in [-0.15, -0.1) is 0 Å². The molecular weight excluding hydrogens is 452 g/mol. The first-order valence-corrected chi connectivity index (χ1v) is 11.0. The van der Waals surface area contributed by atoms with E-state index in [1.807, 2.05) is 4.90 Å². The fraction of sp³-hybridized carbons (Fsp3) is 0.636. The Labute approximate surface area is 187 Å². The average Bonchev–Trinajstić information content (AvgIpc) is 3.30. The SMILES string of the molecule is O=C(NC[C@H]1CC[C@@H](NCC(=O)N2CCCC2)CC1)c1cc(C(F)(F)F)cc(C(F)(F)F)c1. The lowest BCUT2D eigenvalue weighted by atomic mass is 9.86. The van der Waals surface area contributed by atoms with Crippen LogP contribution in [0.2, 0.25) is 0 Å². The van der Waals surface area contributed by atoms with Crippen molar-refractivity contribution in [2.45, 2.75) is 56.9 Å². The highest BCUT2D eigenvalue weighted by Crippen LogP contribution is 2.36. The molecule has 0 aromatic heterocycles. The van der Waals surface area contributed by atoms with Gasteiger partial charge in [0, 0.05) is 31.2 Å². The van der Waals surface area contributed by atoms with Crippen molar-refractivity contribution >= 4 is 11.8 Å². The Bertz CT molecular complexity index is 809. The highest BCUT2D eigenvalue weighted by molar-refractivity contribution is 5.94. The Morgan fingerprint density at radius 2 is 1.42 bits per heavy atom. The summed E-state index contributed by atoms with van der Waals surface area (Å²) in [7, 11) is 0. The first-order valence-electron chi connectivity index (χ1n) is 11.0. The molecule has 0 spiro atoms. The standard InChI is InChI=1S/C22H27F6N3O2/c23-21(24,25)16-9-15(10-17(11-16)22(26,27)28)20(33)30-12-14-3-5-18(6-4-14)29-13-19(32)31-7-1-2-8-31/h9-11,14,18,29H,1-8,12-13H2,(H,30,33)/t14-,18+. The normalized spacial score (nSPS) is 21.8. The van der Waals surface area contributed by atoms with Crippen LogP contribution in [0.15, 0.2) is 18.2 Å². The van der Waals surface area contributed by atoms with E-state index in [0.29, 0.717) is 12.1 Å². The average molecular weight is 479 g/mol. The monoisotopic (exact) mass is 479 g/mol. The molecule has 3 rings (SSSR count). The third-order valence-electron chi connectivity index (χ3n) is 6.25. The van der Waals surface area contributed by atoms with Crippen LogP contribution in [0.25, 0.3) is 0 Å². The number of likely N-dealkylation sites (tertiary alicyclic amines) is 1. The van der Waals surface area contributed by atoms with Crippen molar-refractivity contribution < 1.29 is 35.9 Å². The van der Waals surface area contributed by atoms with Crippen molar-refractivity contribution in [3.8, 4) is 0 Å². The molecule has 184 valence electrons. The summed E-state index contributed by atoms with van der Waals surface area (Å²) in [4.78, 5) is 26.3. The lowest BCUT2D eigenvalue weighted by molar-refractivity contribution is -0.143. The number of carbonyl (C=O) groups is 2. The molecule has 2 N–H and O–H groups in total. The number of alkyl halides is 6. The van der Waals surface area contributed by atoms with Gasteiger partial charge in [-0.3, -0.25) is 9.59 Å². The van der Waals surface area contributed by atoms with E-state index >= 15 is 0 Å². The van der Waals surface area contributed by atoms with Gasteiger partial charge >= 0.3 is 12.4 Å². The van der Waals surface area contributed by atoms with Gasteiger partial charge in [0.05, 0.1) is 17.7 Å². The van der Waals surface area contributed by atoms with Gasteiger partial charge in [-0.1, -0.05) is 0 Å². The summed E-state index contributed by atoms with van der Waals surface area (Å²) in [6, 6.07) is 1.03. The number of hydrogen-bond donors (Lipinski definition) is 2. The molecule has 1 saturated heterocycles. The first kappa shape index (κ1) is 25.3. The van der Waals surface area contributed by atoms with Crippen molar-refractivity contribution in [3.05, 3.63) is 34.9 Å². The lowest BCUT2D eigenvalue weighted by Crippen LogP contribution is -2.42. The fourth-order valence-electron chi connectivity index (χ4n) is 4.31. The van der Waals surface area contributed by atoms with Gasteiger partial charge in [0.25, 0.3) is 5.91 Å². The van der Waals surface area contributed by atoms with E-state index in [2.05, 4.69) is 10.6 Å². The molecule has 2 aliphatic rings. The molecule has 1 heterocycles. The zero-order chi connectivity index (χ0) is 24.2. The minimum absolute atomic E-state index is 0.000470. The molecular formula is C22H27F6N3O2. The van der Waals surface area contributed by atoms with Gasteiger partial charge in [-0.25, -0.2) is 0 Å². The second-order valence-corrected chi connectivity index (χ2v) is 8.69. The lowest BCUT2D eigenvalue weighted by Gasteiger charge is -2.29. The number of nitrogens with one attached hydrogen (secondary N) is 2. The minimum Gasteiger partial charge on any atom is -0.352 e. The van der Waals surface area contributed by atoms with Crippen molar-refractivity contribution in [2.75, 3.05) is 26.2 Å². The summed E-state index contributed by atoms with van der Waals surface area (Å²) in [5.41, 5.74) is -3.71. The smallest absolute Gasteiger partial charge is 0.352 e. The second kappa shape index (κ2) is 10.3. The Morgan fingerprint density at radius 1 is 0.879 bits per heavy atom. The zero-order valence-electron chi connectivity index (χ0n) is 18.0. The molecule has 0 atom stereocenters. The van der Waals surface area contributed by atoms with Gasteiger partial charge < -0.3 is 15.5 Å². The quantitative estimate of drug-likeness (QED) is 0.601. The molecule has 1 saturated carbocycles. The number of nitrogens with zero attached hydrogens (tertiary/aromatic N) is 1. The summed E-state index contributed by atoms with van der Waals surface area (Å²) in [5.74, 6) is -0.821. The van der Waals surface area contributed by atoms with Crippen LogP contribution >= 0.6 is 0 Å². The first-order chi connectivity index (χ1) is 15.4. The molecule has 33 heavy (non-hydrogen) atoms. The molecule has 1 aliphatic carbocycles. The Morgan fingerprint density at radius 3 is 1.94 bits per heavy atom. The number of rotatable bonds is 6. The van der Waals surface area contributed by atoms with Crippen LogP contribution in [0, 0.1) is 5.92 Å². The molecule has 1 aromatic rings. The minimum atomic E-state index is -5.00. The molecule has 1 aliphatic heterocycles. The summed E-state index contributed by atoms with van der Waals surface area (Å²) < 4.78 is 77.9. The van der Waals surface area contributed by atoms with Gasteiger partial charge in [0.15, 0.2) is 0 Å². The molecule has 1 aromatic carbocycles. The van der Waals surface area contributed by atoms with Crippen LogP contribution in [-0.2, 0) is 17.1 Å². The molecule has 0 bridgehead atoms. The van der Waals surface area contributed by atoms with E-state index in [1.54, 1.807) is 0 Å². The Hall–Kier alpha value is -2.30. The number of amides is 2. The number of halogens is 6. The van der Waals surface area contributed by atoms with E-state index in [4.69, 9.17) is 0 Å². The third kappa shape index (κ3) is 7.09. The van der Waals surface area contributed by atoms with Crippen molar-refractivity contribution in [1.29, 1.82) is 0 Å². The molecule has 5 nitrogen and oxygen atoms in total. The highest BCUT2D eigenvalue weighted by Gasteiger charge is 2.37. The van der Waals surface area contributed by atoms with E-state index in [-0.39, 0.29) is 37.0 Å². The van der Waals surface area contributed by atoms with Crippen molar-refractivity contribution in [3.63, 3.8) is 0 Å². The second-order valence-electron chi connectivity index (χ2n) is 8.69. The van der Waals surface area contributed by atoms with E-state index in [1.165, 1.54) is 0 Å². The van der Waals surface area contributed by atoms with Crippen LogP contribution in [0.1, 0.15) is 60.0 Å². The molecule has 0 unspecified atom stereocenters. The molecule has 11 heteroatoms. The van der Waals surface area contributed by atoms with Gasteiger partial charge in [-0.05, 0) is 62.6 Å². The van der Waals surface area contributed by atoms with Gasteiger partial charge in [0.2, 0.25) is 5.91 Å². The van der Waals surface area contributed by atoms with E-state index in [9.17, 15) is 35.9 Å². The van der Waals surface area contributed by atoms with Crippen LogP contribution in [-0.4, -0.2) is 48.9 Å². The predicted molar refractivity (Wildman–Crippen MR) is 108 cm³/mol. The molecule has 2 fully saturated rings. The summed E-state index contributed by atoms with van der Waals surface area (Å²) in [5, 5.41) is 5.73. The molecule has 2 amide bonds. The van der Waals surface area contributed by atoms with Crippen LogP contribution in [0.5, 0.6) is 0 Å². The molecule has 0 radical (unpaired) electrons. The zero-order valence-corrected chi connectivity index (χ0v) is 18.0. The predicted octanol–water partition coefficient (Wildman–Crippen LogP) is 4.22. The summed E-state index contributed by atoms with van der Waals surface area (Å²) in [6.45, 7) is 2.03. The maximum Gasteiger partial charge on any atom is 0.416 e. The van der Waals surface area contributed by atoms with E-state index in [0.717, 1.165) is 51.6 Å². The van der Waals surface area contributed by atoms with E-state index < -0.39 is 35.0 Å². The fourth-order valence-corrected chi connectivity index (χ4v) is 4.31. The Kier molecular flexibility index (Phi) is 7.92. The summed E-state index contributed by atoms with van der Waals surface area (Å²) >= 11 is 0. The van der Waals surface area contributed by atoms with Gasteiger partial charge in [0.1, 0.15) is 0 Å². The third-order valence-corrected chi connectivity index (χ3v) is 6.25. The van der Waals surface area contributed by atoms with Crippen molar-refractivity contribution in [1.82, 2.24) is 15.5 Å². The number of hydrogen-bond acceptors (Lipinski definition) is 3. The maximum atomic E-state index is 13.0. The summed E-state index contributed by atoms with van der Waals surface area (Å²) in [6.07, 6.45) is -4.94.